The Morgan fingerprint density at radius 3 is 2.62 bits per heavy atom. The molecule has 1 fully saturated rings. The zero-order valence-corrected chi connectivity index (χ0v) is 11.4. The third-order valence-electron chi connectivity index (χ3n) is 3.42. The number of rotatable bonds is 2. The fraction of sp³-hybridized carbons (Fsp3) is 0.214. The number of anilines is 3. The number of aromatic nitrogens is 2. The standard InChI is InChI=1S/C14H16N6O/c15-13-11(7-18-14(16)19-13)9-1-3-10(4-2-9)20-6-5-17-12(21)8-20/h1-4,7H,5-6,8H2,(H,17,21)(H4,15,16,18,19). The zero-order chi connectivity index (χ0) is 14.8. The van der Waals surface area contributed by atoms with Crippen LogP contribution in [-0.4, -0.2) is 35.5 Å². The molecule has 21 heavy (non-hydrogen) atoms. The Hall–Kier alpha value is -2.83. The van der Waals surface area contributed by atoms with E-state index in [0.717, 1.165) is 23.4 Å². The van der Waals surface area contributed by atoms with Gasteiger partial charge in [0, 0.05) is 30.5 Å². The van der Waals surface area contributed by atoms with Gasteiger partial charge in [0.05, 0.1) is 6.54 Å². The lowest BCUT2D eigenvalue weighted by Crippen LogP contribution is -2.47. The summed E-state index contributed by atoms with van der Waals surface area (Å²) in [5.41, 5.74) is 14.0. The number of nitrogens with zero attached hydrogens (tertiary/aromatic N) is 3. The van der Waals surface area contributed by atoms with Gasteiger partial charge in [-0.05, 0) is 17.7 Å². The summed E-state index contributed by atoms with van der Waals surface area (Å²) < 4.78 is 0. The largest absolute Gasteiger partial charge is 0.383 e. The van der Waals surface area contributed by atoms with E-state index >= 15 is 0 Å². The summed E-state index contributed by atoms with van der Waals surface area (Å²) in [4.78, 5) is 21.4. The molecule has 5 N–H and O–H groups in total. The molecule has 1 aromatic carbocycles. The molecule has 2 aromatic rings. The average Bonchev–Trinajstić information content (AvgIpc) is 2.47. The van der Waals surface area contributed by atoms with Crippen LogP contribution in [0.4, 0.5) is 17.5 Å². The lowest BCUT2D eigenvalue weighted by atomic mass is 10.1. The van der Waals surface area contributed by atoms with Gasteiger partial charge < -0.3 is 21.7 Å². The normalized spacial score (nSPS) is 14.9. The fourth-order valence-corrected chi connectivity index (χ4v) is 2.34. The number of hydrogen-bond donors (Lipinski definition) is 3. The average molecular weight is 284 g/mol. The number of piperazine rings is 1. The van der Waals surface area contributed by atoms with Crippen molar-refractivity contribution in [2.75, 3.05) is 36.0 Å². The van der Waals surface area contributed by atoms with Crippen molar-refractivity contribution in [3.8, 4) is 11.1 Å². The van der Waals surface area contributed by atoms with Gasteiger partial charge in [-0.1, -0.05) is 12.1 Å². The number of nitrogens with one attached hydrogen (secondary N) is 1. The molecule has 1 saturated heterocycles. The highest BCUT2D eigenvalue weighted by Gasteiger charge is 2.16. The van der Waals surface area contributed by atoms with E-state index in [2.05, 4.69) is 15.3 Å². The lowest BCUT2D eigenvalue weighted by molar-refractivity contribution is -0.120. The van der Waals surface area contributed by atoms with E-state index in [-0.39, 0.29) is 11.9 Å². The summed E-state index contributed by atoms with van der Waals surface area (Å²) in [5.74, 6) is 0.557. The second-order valence-corrected chi connectivity index (χ2v) is 4.85. The van der Waals surface area contributed by atoms with E-state index < -0.39 is 0 Å². The molecule has 0 radical (unpaired) electrons. The Morgan fingerprint density at radius 2 is 1.95 bits per heavy atom. The van der Waals surface area contributed by atoms with Crippen LogP contribution in [0.3, 0.4) is 0 Å². The van der Waals surface area contributed by atoms with Crippen molar-refractivity contribution in [2.45, 2.75) is 0 Å². The molecule has 0 aliphatic carbocycles. The maximum atomic E-state index is 11.4. The van der Waals surface area contributed by atoms with Crippen molar-refractivity contribution in [2.24, 2.45) is 0 Å². The topological polar surface area (TPSA) is 110 Å². The minimum absolute atomic E-state index is 0.0431. The number of nitrogen functional groups attached to an aromatic ring is 2. The van der Waals surface area contributed by atoms with Crippen LogP contribution in [0.25, 0.3) is 11.1 Å². The van der Waals surface area contributed by atoms with E-state index in [1.54, 1.807) is 6.20 Å². The van der Waals surface area contributed by atoms with Crippen LogP contribution in [0.2, 0.25) is 0 Å². The van der Waals surface area contributed by atoms with Crippen molar-refractivity contribution < 1.29 is 4.79 Å². The quantitative estimate of drug-likeness (QED) is 0.729. The van der Waals surface area contributed by atoms with Crippen molar-refractivity contribution in [1.29, 1.82) is 0 Å². The lowest BCUT2D eigenvalue weighted by Gasteiger charge is -2.28. The SMILES string of the molecule is Nc1ncc(-c2ccc(N3CCNC(=O)C3)cc2)c(N)n1. The molecule has 108 valence electrons. The maximum absolute atomic E-state index is 11.4. The third kappa shape index (κ3) is 2.71. The molecule has 0 spiro atoms. The van der Waals surface area contributed by atoms with Crippen LogP contribution >= 0.6 is 0 Å². The van der Waals surface area contributed by atoms with Crippen LogP contribution in [0.1, 0.15) is 0 Å². The molecule has 1 amide bonds. The van der Waals surface area contributed by atoms with Crippen LogP contribution in [0.15, 0.2) is 30.5 Å². The maximum Gasteiger partial charge on any atom is 0.239 e. The van der Waals surface area contributed by atoms with Crippen LogP contribution in [-0.2, 0) is 4.79 Å². The Bertz CT molecular complexity index is 670. The fourth-order valence-electron chi connectivity index (χ4n) is 2.34. The van der Waals surface area contributed by atoms with Gasteiger partial charge in [-0.2, -0.15) is 4.98 Å². The highest BCUT2D eigenvalue weighted by molar-refractivity contribution is 5.83. The Kier molecular flexibility index (Phi) is 3.31. The first-order chi connectivity index (χ1) is 10.1. The Labute approximate surface area is 122 Å². The molecule has 0 bridgehead atoms. The summed E-state index contributed by atoms with van der Waals surface area (Å²) in [6, 6.07) is 7.80. The smallest absolute Gasteiger partial charge is 0.239 e. The Balaban J connectivity index is 1.85. The van der Waals surface area contributed by atoms with E-state index in [4.69, 9.17) is 11.5 Å². The van der Waals surface area contributed by atoms with E-state index in [0.29, 0.717) is 18.9 Å². The molecule has 3 rings (SSSR count). The van der Waals surface area contributed by atoms with Crippen molar-refractivity contribution >= 4 is 23.4 Å². The molecule has 7 nitrogen and oxygen atoms in total. The predicted octanol–water partition coefficient (Wildman–Crippen LogP) is 0.244. The first-order valence-corrected chi connectivity index (χ1v) is 6.63. The molecule has 1 aromatic heterocycles. The van der Waals surface area contributed by atoms with Gasteiger partial charge in [-0.15, -0.1) is 0 Å². The number of amides is 1. The molecule has 0 saturated carbocycles. The van der Waals surface area contributed by atoms with E-state index in [1.165, 1.54) is 0 Å². The number of carbonyl (C=O) groups is 1. The van der Waals surface area contributed by atoms with Crippen LogP contribution < -0.4 is 21.7 Å². The highest BCUT2D eigenvalue weighted by Crippen LogP contribution is 2.26. The summed E-state index contributed by atoms with van der Waals surface area (Å²) in [6.45, 7) is 1.85. The first kappa shape index (κ1) is 13.2. The van der Waals surface area contributed by atoms with Crippen LogP contribution in [0, 0.1) is 0 Å². The Morgan fingerprint density at radius 1 is 1.19 bits per heavy atom. The third-order valence-corrected chi connectivity index (χ3v) is 3.42. The monoisotopic (exact) mass is 284 g/mol. The van der Waals surface area contributed by atoms with E-state index in [1.807, 2.05) is 29.2 Å². The van der Waals surface area contributed by atoms with Gasteiger partial charge in [0.25, 0.3) is 0 Å². The highest BCUT2D eigenvalue weighted by atomic mass is 16.2. The van der Waals surface area contributed by atoms with Gasteiger partial charge in [0.15, 0.2) is 0 Å². The molecular formula is C14H16N6O. The number of nitrogens with two attached hydrogens (primary N) is 2. The summed E-state index contributed by atoms with van der Waals surface area (Å²) in [5, 5.41) is 2.81. The summed E-state index contributed by atoms with van der Waals surface area (Å²) in [6.07, 6.45) is 1.61. The van der Waals surface area contributed by atoms with Gasteiger partial charge in [-0.3, -0.25) is 4.79 Å². The molecule has 2 heterocycles. The summed E-state index contributed by atoms with van der Waals surface area (Å²) >= 11 is 0. The van der Waals surface area contributed by atoms with Crippen molar-refractivity contribution in [3.63, 3.8) is 0 Å². The number of benzene rings is 1. The second kappa shape index (κ2) is 5.28. The van der Waals surface area contributed by atoms with E-state index in [9.17, 15) is 4.79 Å². The minimum atomic E-state index is 0.0431. The van der Waals surface area contributed by atoms with Gasteiger partial charge in [0.1, 0.15) is 5.82 Å². The molecule has 0 unspecified atom stereocenters. The summed E-state index contributed by atoms with van der Waals surface area (Å²) in [7, 11) is 0. The number of hydrogen-bond acceptors (Lipinski definition) is 6. The predicted molar refractivity (Wildman–Crippen MR) is 81.5 cm³/mol. The molecular weight excluding hydrogens is 268 g/mol. The van der Waals surface area contributed by atoms with Gasteiger partial charge in [-0.25, -0.2) is 4.98 Å². The van der Waals surface area contributed by atoms with Crippen molar-refractivity contribution in [1.82, 2.24) is 15.3 Å². The van der Waals surface area contributed by atoms with Gasteiger partial charge in [0.2, 0.25) is 11.9 Å². The molecule has 7 heteroatoms. The van der Waals surface area contributed by atoms with Crippen LogP contribution in [0.5, 0.6) is 0 Å². The number of carbonyl (C=O) groups excluding carboxylic acids is 1. The first-order valence-electron chi connectivity index (χ1n) is 6.63. The second-order valence-electron chi connectivity index (χ2n) is 4.85. The molecule has 0 atom stereocenters. The minimum Gasteiger partial charge on any atom is -0.383 e. The van der Waals surface area contributed by atoms with Gasteiger partial charge >= 0.3 is 0 Å². The zero-order valence-electron chi connectivity index (χ0n) is 11.4. The van der Waals surface area contributed by atoms with Crippen molar-refractivity contribution in [3.05, 3.63) is 30.5 Å². The molecule has 1 aliphatic heterocycles. The molecule has 1 aliphatic rings.